The molecule has 2 N–H and O–H groups in total. The third-order valence-electron chi connectivity index (χ3n) is 2.96. The van der Waals surface area contributed by atoms with Crippen LogP contribution in [-0.2, 0) is 4.79 Å². The summed E-state index contributed by atoms with van der Waals surface area (Å²) >= 11 is 0. The number of carboxylic acid groups (broad SMARTS) is 1. The van der Waals surface area contributed by atoms with Gasteiger partial charge in [-0.1, -0.05) is 6.92 Å². The molecule has 16 heavy (non-hydrogen) atoms. The van der Waals surface area contributed by atoms with Crippen LogP contribution in [0.2, 0.25) is 0 Å². The molecule has 1 heterocycles. The number of rotatable bonds is 4. The molecular formula is C11H20N2O3. The van der Waals surface area contributed by atoms with Gasteiger partial charge in [-0.15, -0.1) is 0 Å². The standard InChI is InChI=1S/C11H20N2O3/c1-3-9-5-4-6-13(9)11(16)12-8(2)7-10(14)15/h8-9H,3-7H2,1-2H3,(H,12,16)(H,14,15). The average Bonchev–Trinajstić information content (AvgIpc) is 2.63. The van der Waals surface area contributed by atoms with Crippen molar-refractivity contribution in [1.82, 2.24) is 10.2 Å². The van der Waals surface area contributed by atoms with Crippen LogP contribution in [0.3, 0.4) is 0 Å². The molecule has 2 unspecified atom stereocenters. The molecule has 0 aromatic heterocycles. The van der Waals surface area contributed by atoms with E-state index in [0.29, 0.717) is 6.04 Å². The number of carbonyl (C=O) groups excluding carboxylic acids is 1. The third kappa shape index (κ3) is 3.40. The first-order valence-corrected chi connectivity index (χ1v) is 5.83. The smallest absolute Gasteiger partial charge is 0.317 e. The lowest BCUT2D eigenvalue weighted by atomic mass is 10.2. The van der Waals surface area contributed by atoms with E-state index in [1.54, 1.807) is 6.92 Å². The molecule has 2 amide bonds. The van der Waals surface area contributed by atoms with Crippen LogP contribution in [0, 0.1) is 0 Å². The summed E-state index contributed by atoms with van der Waals surface area (Å²) < 4.78 is 0. The van der Waals surface area contributed by atoms with Gasteiger partial charge in [0, 0.05) is 18.6 Å². The molecule has 0 radical (unpaired) electrons. The zero-order valence-electron chi connectivity index (χ0n) is 9.90. The quantitative estimate of drug-likeness (QED) is 0.764. The number of aliphatic carboxylic acids is 1. The maximum atomic E-state index is 11.8. The van der Waals surface area contributed by atoms with E-state index in [1.807, 2.05) is 4.90 Å². The van der Waals surface area contributed by atoms with Crippen molar-refractivity contribution in [2.24, 2.45) is 0 Å². The number of amides is 2. The van der Waals surface area contributed by atoms with Crippen LogP contribution in [0.25, 0.3) is 0 Å². The summed E-state index contributed by atoms with van der Waals surface area (Å²) in [5.41, 5.74) is 0. The number of urea groups is 1. The lowest BCUT2D eigenvalue weighted by Crippen LogP contribution is -2.46. The average molecular weight is 228 g/mol. The zero-order valence-corrected chi connectivity index (χ0v) is 9.90. The number of nitrogens with zero attached hydrogens (tertiary/aromatic N) is 1. The van der Waals surface area contributed by atoms with Crippen molar-refractivity contribution in [2.75, 3.05) is 6.54 Å². The Labute approximate surface area is 95.8 Å². The van der Waals surface area contributed by atoms with Crippen LogP contribution >= 0.6 is 0 Å². The molecule has 1 aliphatic heterocycles. The molecule has 0 aromatic carbocycles. The number of nitrogens with one attached hydrogen (secondary N) is 1. The largest absolute Gasteiger partial charge is 0.481 e. The van der Waals surface area contributed by atoms with Gasteiger partial charge < -0.3 is 15.3 Å². The topological polar surface area (TPSA) is 69.6 Å². The molecule has 1 fully saturated rings. The van der Waals surface area contributed by atoms with Crippen molar-refractivity contribution in [1.29, 1.82) is 0 Å². The molecule has 1 aliphatic rings. The predicted octanol–water partition coefficient (Wildman–Crippen LogP) is 1.43. The summed E-state index contributed by atoms with van der Waals surface area (Å²) in [7, 11) is 0. The summed E-state index contributed by atoms with van der Waals surface area (Å²) in [4.78, 5) is 24.1. The van der Waals surface area contributed by atoms with Crippen molar-refractivity contribution in [2.45, 2.75) is 51.6 Å². The van der Waals surface area contributed by atoms with Gasteiger partial charge in [-0.05, 0) is 26.2 Å². The first-order valence-electron chi connectivity index (χ1n) is 5.83. The first-order chi connectivity index (χ1) is 7.54. The Morgan fingerprint density at radius 2 is 2.25 bits per heavy atom. The molecule has 5 nitrogen and oxygen atoms in total. The van der Waals surface area contributed by atoms with Crippen molar-refractivity contribution in [3.05, 3.63) is 0 Å². The molecule has 0 aromatic rings. The van der Waals surface area contributed by atoms with E-state index in [-0.39, 0.29) is 18.5 Å². The Bertz CT molecular complexity index is 268. The second-order valence-corrected chi connectivity index (χ2v) is 4.35. The van der Waals surface area contributed by atoms with Gasteiger partial charge in [0.15, 0.2) is 0 Å². The van der Waals surface area contributed by atoms with Gasteiger partial charge in [-0.2, -0.15) is 0 Å². The number of hydrogen-bond donors (Lipinski definition) is 2. The minimum absolute atomic E-state index is 0.0314. The van der Waals surface area contributed by atoms with Gasteiger partial charge in [0.1, 0.15) is 0 Å². The highest BCUT2D eigenvalue weighted by atomic mass is 16.4. The molecule has 0 aliphatic carbocycles. The Hall–Kier alpha value is -1.26. The molecule has 1 rings (SSSR count). The Morgan fingerprint density at radius 1 is 1.56 bits per heavy atom. The predicted molar refractivity (Wildman–Crippen MR) is 60.3 cm³/mol. The fraction of sp³-hybridized carbons (Fsp3) is 0.818. The number of carbonyl (C=O) groups is 2. The minimum Gasteiger partial charge on any atom is -0.481 e. The second-order valence-electron chi connectivity index (χ2n) is 4.35. The Kier molecular flexibility index (Phi) is 4.58. The van der Waals surface area contributed by atoms with E-state index in [1.165, 1.54) is 0 Å². The Morgan fingerprint density at radius 3 is 2.81 bits per heavy atom. The van der Waals surface area contributed by atoms with Crippen molar-refractivity contribution >= 4 is 12.0 Å². The molecule has 5 heteroatoms. The molecule has 0 bridgehead atoms. The lowest BCUT2D eigenvalue weighted by molar-refractivity contribution is -0.137. The Balaban J connectivity index is 2.42. The second kappa shape index (κ2) is 5.72. The SMILES string of the molecule is CCC1CCCN1C(=O)NC(C)CC(=O)O. The van der Waals surface area contributed by atoms with E-state index in [2.05, 4.69) is 12.2 Å². The van der Waals surface area contributed by atoms with Crippen LogP contribution in [0.15, 0.2) is 0 Å². The molecule has 1 saturated heterocycles. The minimum atomic E-state index is -0.888. The fourth-order valence-corrected chi connectivity index (χ4v) is 2.13. The van der Waals surface area contributed by atoms with Gasteiger partial charge in [-0.25, -0.2) is 4.79 Å². The molecule has 0 spiro atoms. The van der Waals surface area contributed by atoms with Crippen LogP contribution in [0.1, 0.15) is 39.5 Å². The van der Waals surface area contributed by atoms with Crippen molar-refractivity contribution in [3.8, 4) is 0 Å². The van der Waals surface area contributed by atoms with Gasteiger partial charge in [0.2, 0.25) is 0 Å². The van der Waals surface area contributed by atoms with Crippen molar-refractivity contribution < 1.29 is 14.7 Å². The summed E-state index contributed by atoms with van der Waals surface area (Å²) in [6, 6.07) is -0.127. The highest BCUT2D eigenvalue weighted by molar-refractivity contribution is 5.76. The van der Waals surface area contributed by atoms with E-state index >= 15 is 0 Å². The van der Waals surface area contributed by atoms with Gasteiger partial charge in [0.25, 0.3) is 0 Å². The van der Waals surface area contributed by atoms with E-state index in [4.69, 9.17) is 5.11 Å². The van der Waals surface area contributed by atoms with Gasteiger partial charge >= 0.3 is 12.0 Å². The third-order valence-corrected chi connectivity index (χ3v) is 2.96. The van der Waals surface area contributed by atoms with Gasteiger partial charge in [-0.3, -0.25) is 4.79 Å². The zero-order chi connectivity index (χ0) is 12.1. The monoisotopic (exact) mass is 228 g/mol. The van der Waals surface area contributed by atoms with Crippen LogP contribution in [0.4, 0.5) is 4.79 Å². The maximum absolute atomic E-state index is 11.8. The molecule has 92 valence electrons. The number of likely N-dealkylation sites (tertiary alicyclic amines) is 1. The summed E-state index contributed by atoms with van der Waals surface area (Å²) in [6.45, 7) is 4.56. The lowest BCUT2D eigenvalue weighted by Gasteiger charge is -2.25. The normalized spacial score (nSPS) is 21.9. The molecule has 2 atom stereocenters. The van der Waals surface area contributed by atoms with Crippen LogP contribution < -0.4 is 5.32 Å². The first kappa shape index (κ1) is 12.8. The number of hydrogen-bond acceptors (Lipinski definition) is 2. The van der Waals surface area contributed by atoms with Crippen LogP contribution in [0.5, 0.6) is 0 Å². The maximum Gasteiger partial charge on any atom is 0.317 e. The summed E-state index contributed by atoms with van der Waals surface area (Å²) in [6.07, 6.45) is 3.02. The van der Waals surface area contributed by atoms with E-state index < -0.39 is 5.97 Å². The van der Waals surface area contributed by atoms with E-state index in [0.717, 1.165) is 25.8 Å². The summed E-state index contributed by atoms with van der Waals surface area (Å²) in [5, 5.41) is 11.3. The van der Waals surface area contributed by atoms with E-state index in [9.17, 15) is 9.59 Å². The summed E-state index contributed by atoms with van der Waals surface area (Å²) in [5.74, 6) is -0.888. The fourth-order valence-electron chi connectivity index (χ4n) is 2.13. The molecular weight excluding hydrogens is 208 g/mol. The van der Waals surface area contributed by atoms with Crippen molar-refractivity contribution in [3.63, 3.8) is 0 Å². The highest BCUT2D eigenvalue weighted by Gasteiger charge is 2.27. The number of carboxylic acids is 1. The molecule has 0 saturated carbocycles. The highest BCUT2D eigenvalue weighted by Crippen LogP contribution is 2.19. The van der Waals surface area contributed by atoms with Gasteiger partial charge in [0.05, 0.1) is 6.42 Å². The van der Waals surface area contributed by atoms with Crippen LogP contribution in [-0.4, -0.2) is 40.6 Å².